The molecule has 0 saturated heterocycles. The molecule has 0 atom stereocenters. The number of rotatable bonds is 10. The smallest absolute Gasteiger partial charge is 1.00 e. The van der Waals surface area contributed by atoms with Crippen molar-refractivity contribution in [2.24, 2.45) is 0 Å². The molecule has 42 heavy (non-hydrogen) atoms. The van der Waals surface area contributed by atoms with Gasteiger partial charge in [0.2, 0.25) is 0 Å². The molecular formula is C37H47Cl3SiTi. The Balaban J connectivity index is 0.00000420. The summed E-state index contributed by atoms with van der Waals surface area (Å²) in [5.74, 6) is 0. The van der Waals surface area contributed by atoms with Gasteiger partial charge in [-0.1, -0.05) is 126 Å². The molecule has 0 nitrogen and oxygen atoms in total. The number of benzene rings is 3. The molecular weight excluding hydrogens is 627 g/mol. The van der Waals surface area contributed by atoms with E-state index in [0.29, 0.717) is 0 Å². The fraction of sp³-hybridized carbons (Fsp3) is 0.378. The Hall–Kier alpha value is -1.19. The van der Waals surface area contributed by atoms with Gasteiger partial charge in [0.1, 0.15) is 8.07 Å². The van der Waals surface area contributed by atoms with Crippen LogP contribution in [0.25, 0.3) is 0 Å². The first-order valence-electron chi connectivity index (χ1n) is 15.0. The van der Waals surface area contributed by atoms with Crippen LogP contribution < -0.4 is 58.0 Å². The van der Waals surface area contributed by atoms with Crippen LogP contribution in [0.2, 0.25) is 0 Å². The Kier molecular flexibility index (Phi) is 17.4. The van der Waals surface area contributed by atoms with Gasteiger partial charge in [0, 0.05) is 0 Å². The molecule has 0 saturated carbocycles. The molecule has 0 aromatic heterocycles. The second kappa shape index (κ2) is 17.9. The summed E-state index contributed by atoms with van der Waals surface area (Å²) in [6, 6.07) is 27.6. The second-order valence-corrected chi connectivity index (χ2v) is 14.8. The molecule has 0 aliphatic heterocycles. The Bertz CT molecular complexity index is 1220. The third-order valence-electron chi connectivity index (χ3n) is 8.81. The summed E-state index contributed by atoms with van der Waals surface area (Å²) >= 11 is 0. The molecule has 5 heteroatoms. The number of hydrogen-bond acceptors (Lipinski definition) is 0. The van der Waals surface area contributed by atoms with E-state index >= 15 is 0 Å². The van der Waals surface area contributed by atoms with Crippen LogP contribution >= 0.6 is 0 Å². The summed E-state index contributed by atoms with van der Waals surface area (Å²) in [4.78, 5) is 0. The van der Waals surface area contributed by atoms with E-state index in [4.69, 9.17) is 0 Å². The van der Waals surface area contributed by atoms with Crippen LogP contribution in [0.15, 0.2) is 66.7 Å². The zero-order valence-corrected chi connectivity index (χ0v) is 31.6. The van der Waals surface area contributed by atoms with Gasteiger partial charge in [-0.2, -0.15) is 17.2 Å². The van der Waals surface area contributed by atoms with E-state index in [0.717, 1.165) is 38.5 Å². The largest absolute Gasteiger partial charge is 4.00 e. The van der Waals surface area contributed by atoms with Crippen molar-refractivity contribution in [1.29, 1.82) is 0 Å². The Morgan fingerprint density at radius 3 is 0.929 bits per heavy atom. The Morgan fingerprint density at radius 2 is 0.738 bits per heavy atom. The van der Waals surface area contributed by atoms with Crippen LogP contribution in [-0.2, 0) is 60.2 Å². The Morgan fingerprint density at radius 1 is 0.476 bits per heavy atom. The van der Waals surface area contributed by atoms with Crippen LogP contribution in [0.4, 0.5) is 0 Å². The van der Waals surface area contributed by atoms with E-state index < -0.39 is 8.07 Å². The van der Waals surface area contributed by atoms with E-state index in [9.17, 15) is 0 Å². The fourth-order valence-electron chi connectivity index (χ4n) is 6.21. The summed E-state index contributed by atoms with van der Waals surface area (Å²) in [5, 5.41) is 6.21. The minimum absolute atomic E-state index is 0. The third-order valence-corrected chi connectivity index (χ3v) is 13.6. The summed E-state index contributed by atoms with van der Waals surface area (Å²) in [6.07, 6.45) is 6.39. The number of hydrogen-bond donors (Lipinski definition) is 0. The van der Waals surface area contributed by atoms with Gasteiger partial charge in [-0.15, -0.1) is 5.19 Å². The third kappa shape index (κ3) is 7.90. The van der Waals surface area contributed by atoms with Crippen LogP contribution in [0.1, 0.15) is 86.1 Å². The summed E-state index contributed by atoms with van der Waals surface area (Å²) < 4.78 is 0. The number of aryl methyl sites for hydroxylation is 7. The maximum Gasteiger partial charge on any atom is 4.00 e. The van der Waals surface area contributed by atoms with Crippen molar-refractivity contribution in [3.63, 3.8) is 0 Å². The molecule has 0 heterocycles. The standard InChI is InChI=1S/C37H47Si.3ClH.Ti/c1-9-28-17-29(10-2)21-34(20-28)38(37-16-15-26(7)27(37)8,35-22-30(11-3)18-31(12-4)23-35)36-24-32(13-5)19-33(14-6)25-36;;;;/h15-25H,9-14H2,1-8H3;3*1H;/q-1;;;;+4/p-3. The summed E-state index contributed by atoms with van der Waals surface area (Å²) in [7, 11) is -2.61. The maximum absolute atomic E-state index is 2.61. The van der Waals surface area contributed by atoms with Gasteiger partial charge >= 0.3 is 21.7 Å². The molecule has 0 N–H and O–H groups in total. The summed E-state index contributed by atoms with van der Waals surface area (Å²) in [6.45, 7) is 18.5. The molecule has 4 aromatic carbocycles. The van der Waals surface area contributed by atoms with Crippen molar-refractivity contribution in [2.45, 2.75) is 93.9 Å². The molecule has 0 aliphatic rings. The maximum atomic E-state index is 2.57. The Labute approximate surface area is 291 Å². The molecule has 0 spiro atoms. The molecule has 224 valence electrons. The molecule has 0 unspecified atom stereocenters. The molecule has 0 aliphatic carbocycles. The normalized spacial score (nSPS) is 10.7. The van der Waals surface area contributed by atoms with Crippen molar-refractivity contribution >= 4 is 28.8 Å². The molecule has 4 aromatic rings. The van der Waals surface area contributed by atoms with E-state index in [1.54, 1.807) is 20.7 Å². The monoisotopic (exact) mass is 672 g/mol. The van der Waals surface area contributed by atoms with Gasteiger partial charge in [-0.05, 0) is 71.9 Å². The predicted molar refractivity (Wildman–Crippen MR) is 171 cm³/mol. The van der Waals surface area contributed by atoms with Crippen molar-refractivity contribution in [2.75, 3.05) is 0 Å². The molecule has 4 rings (SSSR count). The van der Waals surface area contributed by atoms with Gasteiger partial charge in [0.05, 0.1) is 0 Å². The van der Waals surface area contributed by atoms with E-state index in [2.05, 4.69) is 122 Å². The SMILES string of the molecule is CCc1cc(CC)cc([Si](c2cc(CC)cc(CC)c2)(c2cc(CC)cc(CC)c2)[c-]2ccc(C)c2C)c1.[Cl-].[Cl-].[Cl-].[Ti+4]. The minimum atomic E-state index is -2.61. The molecule has 0 amide bonds. The van der Waals surface area contributed by atoms with Gasteiger partial charge in [0.25, 0.3) is 0 Å². The van der Waals surface area contributed by atoms with Crippen molar-refractivity contribution in [1.82, 2.24) is 0 Å². The first-order valence-corrected chi connectivity index (χ1v) is 17.0. The zero-order valence-electron chi connectivity index (χ0n) is 26.7. The van der Waals surface area contributed by atoms with Gasteiger partial charge < -0.3 is 37.2 Å². The second-order valence-electron chi connectivity index (χ2n) is 11.0. The number of halogens is 3. The van der Waals surface area contributed by atoms with E-state index in [1.807, 2.05) is 0 Å². The average Bonchev–Trinajstić information content (AvgIpc) is 3.30. The first-order chi connectivity index (χ1) is 18.3. The van der Waals surface area contributed by atoms with E-state index in [1.165, 1.54) is 44.5 Å². The van der Waals surface area contributed by atoms with Gasteiger partial charge in [0.15, 0.2) is 0 Å². The average molecular weight is 674 g/mol. The first kappa shape index (κ1) is 40.8. The van der Waals surface area contributed by atoms with Gasteiger partial charge in [-0.25, -0.2) is 6.07 Å². The molecule has 0 radical (unpaired) electrons. The predicted octanol–water partition coefficient (Wildman–Crippen LogP) is -2.22. The van der Waals surface area contributed by atoms with Crippen LogP contribution in [-0.4, -0.2) is 8.07 Å². The van der Waals surface area contributed by atoms with Crippen molar-refractivity contribution in [3.8, 4) is 0 Å². The fourth-order valence-corrected chi connectivity index (χ4v) is 11.6. The van der Waals surface area contributed by atoms with Crippen molar-refractivity contribution in [3.05, 3.63) is 111 Å². The van der Waals surface area contributed by atoms with Gasteiger partial charge in [-0.3, -0.25) is 0 Å². The summed E-state index contributed by atoms with van der Waals surface area (Å²) in [5.41, 5.74) is 11.6. The van der Waals surface area contributed by atoms with E-state index in [-0.39, 0.29) is 58.9 Å². The quantitative estimate of drug-likeness (QED) is 0.102. The minimum Gasteiger partial charge on any atom is -1.00 e. The molecule has 0 fully saturated rings. The van der Waals surface area contributed by atoms with Crippen LogP contribution in [0.5, 0.6) is 0 Å². The van der Waals surface area contributed by atoms with Crippen molar-refractivity contribution < 1.29 is 58.9 Å². The topological polar surface area (TPSA) is 0 Å². The zero-order chi connectivity index (χ0) is 27.4. The van der Waals surface area contributed by atoms with Crippen LogP contribution in [0, 0.1) is 13.8 Å². The molecule has 0 bridgehead atoms. The van der Waals surface area contributed by atoms with Crippen LogP contribution in [0.3, 0.4) is 0 Å².